The molecule has 19 heavy (non-hydrogen) atoms. The van der Waals surface area contributed by atoms with Crippen molar-refractivity contribution in [1.29, 1.82) is 0 Å². The van der Waals surface area contributed by atoms with E-state index in [0.29, 0.717) is 6.04 Å². The molecule has 2 aliphatic rings. The Bertz CT molecular complexity index is 467. The van der Waals surface area contributed by atoms with E-state index in [1.54, 1.807) is 7.11 Å². The molecule has 1 fully saturated rings. The molecular weight excluding hydrogens is 240 g/mol. The van der Waals surface area contributed by atoms with Crippen LogP contribution in [-0.4, -0.2) is 38.2 Å². The van der Waals surface area contributed by atoms with Crippen LogP contribution in [0.2, 0.25) is 0 Å². The van der Waals surface area contributed by atoms with Gasteiger partial charge in [0.1, 0.15) is 11.9 Å². The number of hydrogen-bond donors (Lipinski definition) is 1. The lowest BCUT2D eigenvalue weighted by atomic mass is 10.1. The van der Waals surface area contributed by atoms with Crippen LogP contribution in [0.15, 0.2) is 29.3 Å². The minimum atomic E-state index is 0.147. The molecular formula is C15H20N2O2. The molecule has 2 aliphatic heterocycles. The number of nitrogens with one attached hydrogen (secondary N) is 1. The van der Waals surface area contributed by atoms with E-state index in [9.17, 15) is 0 Å². The second kappa shape index (κ2) is 5.61. The highest BCUT2D eigenvalue weighted by atomic mass is 16.5. The molecule has 102 valence electrons. The molecule has 2 atom stereocenters. The van der Waals surface area contributed by atoms with Gasteiger partial charge in [0, 0.05) is 6.42 Å². The van der Waals surface area contributed by atoms with Crippen molar-refractivity contribution in [2.75, 3.05) is 20.2 Å². The van der Waals surface area contributed by atoms with Crippen LogP contribution in [0.3, 0.4) is 0 Å². The van der Waals surface area contributed by atoms with Crippen LogP contribution < -0.4 is 10.1 Å². The monoisotopic (exact) mass is 260 g/mol. The first-order valence-corrected chi connectivity index (χ1v) is 6.93. The molecule has 0 spiro atoms. The molecule has 0 aliphatic carbocycles. The first-order chi connectivity index (χ1) is 9.36. The highest BCUT2D eigenvalue weighted by Crippen LogP contribution is 2.22. The van der Waals surface area contributed by atoms with Crippen molar-refractivity contribution in [3.05, 3.63) is 29.8 Å². The maximum absolute atomic E-state index is 5.98. The van der Waals surface area contributed by atoms with E-state index in [1.807, 2.05) is 18.2 Å². The third-order valence-electron chi connectivity index (χ3n) is 3.74. The van der Waals surface area contributed by atoms with E-state index in [4.69, 9.17) is 9.47 Å². The second-order valence-corrected chi connectivity index (χ2v) is 5.08. The summed E-state index contributed by atoms with van der Waals surface area (Å²) < 4.78 is 11.4. The molecule has 1 N–H and O–H groups in total. The van der Waals surface area contributed by atoms with E-state index in [1.165, 1.54) is 12.0 Å². The minimum Gasteiger partial charge on any atom is -0.496 e. The van der Waals surface area contributed by atoms with Gasteiger partial charge in [0.2, 0.25) is 5.90 Å². The third kappa shape index (κ3) is 2.73. The maximum Gasteiger partial charge on any atom is 0.201 e. The molecule has 1 aromatic carbocycles. The van der Waals surface area contributed by atoms with Crippen molar-refractivity contribution in [2.45, 2.75) is 31.4 Å². The van der Waals surface area contributed by atoms with Crippen LogP contribution in [-0.2, 0) is 11.2 Å². The van der Waals surface area contributed by atoms with Gasteiger partial charge in [-0.3, -0.25) is 4.99 Å². The van der Waals surface area contributed by atoms with Crippen molar-refractivity contribution < 1.29 is 9.47 Å². The number of hydrogen-bond acceptors (Lipinski definition) is 4. The van der Waals surface area contributed by atoms with Crippen LogP contribution in [0.25, 0.3) is 0 Å². The maximum atomic E-state index is 5.98. The highest BCUT2D eigenvalue weighted by molar-refractivity contribution is 5.83. The van der Waals surface area contributed by atoms with Gasteiger partial charge in [-0.25, -0.2) is 0 Å². The molecule has 2 heterocycles. The van der Waals surface area contributed by atoms with E-state index in [2.05, 4.69) is 16.4 Å². The van der Waals surface area contributed by atoms with Crippen LogP contribution in [0.1, 0.15) is 18.4 Å². The van der Waals surface area contributed by atoms with E-state index in [0.717, 1.165) is 37.6 Å². The summed E-state index contributed by atoms with van der Waals surface area (Å²) in [5.74, 6) is 1.83. The van der Waals surface area contributed by atoms with Crippen molar-refractivity contribution in [3.63, 3.8) is 0 Å². The summed E-state index contributed by atoms with van der Waals surface area (Å²) in [6.07, 6.45) is 3.35. The Balaban J connectivity index is 1.60. The molecule has 3 rings (SSSR count). The molecule has 0 bridgehead atoms. The first-order valence-electron chi connectivity index (χ1n) is 6.93. The fourth-order valence-electron chi connectivity index (χ4n) is 2.75. The normalized spacial score (nSPS) is 26.1. The van der Waals surface area contributed by atoms with Gasteiger partial charge in [-0.2, -0.15) is 0 Å². The van der Waals surface area contributed by atoms with E-state index < -0.39 is 0 Å². The minimum absolute atomic E-state index is 0.147. The molecule has 0 saturated carbocycles. The smallest absolute Gasteiger partial charge is 0.201 e. The summed E-state index contributed by atoms with van der Waals surface area (Å²) >= 11 is 0. The summed E-state index contributed by atoms with van der Waals surface area (Å²) in [7, 11) is 1.71. The average Bonchev–Trinajstić information content (AvgIpc) is 3.09. The fourth-order valence-corrected chi connectivity index (χ4v) is 2.75. The summed E-state index contributed by atoms with van der Waals surface area (Å²) in [5.41, 5.74) is 1.19. The lowest BCUT2D eigenvalue weighted by Crippen LogP contribution is -2.32. The molecule has 4 heteroatoms. The summed E-state index contributed by atoms with van der Waals surface area (Å²) in [6, 6.07) is 8.44. The van der Waals surface area contributed by atoms with Crippen LogP contribution in [0.5, 0.6) is 5.75 Å². The van der Waals surface area contributed by atoms with Gasteiger partial charge in [-0.1, -0.05) is 18.2 Å². The number of benzene rings is 1. The quantitative estimate of drug-likeness (QED) is 0.897. The Hall–Kier alpha value is -1.55. The zero-order chi connectivity index (χ0) is 13.1. The number of rotatable bonds is 4. The van der Waals surface area contributed by atoms with Crippen LogP contribution >= 0.6 is 0 Å². The largest absolute Gasteiger partial charge is 0.496 e. The van der Waals surface area contributed by atoms with Gasteiger partial charge in [-0.15, -0.1) is 0 Å². The number of ether oxygens (including phenoxy) is 2. The highest BCUT2D eigenvalue weighted by Gasteiger charge is 2.28. The number of nitrogens with zero attached hydrogens (tertiary/aromatic N) is 1. The Morgan fingerprint density at radius 3 is 3.11 bits per heavy atom. The van der Waals surface area contributed by atoms with E-state index >= 15 is 0 Å². The molecule has 0 amide bonds. The average molecular weight is 260 g/mol. The zero-order valence-corrected chi connectivity index (χ0v) is 11.3. The second-order valence-electron chi connectivity index (χ2n) is 5.08. The third-order valence-corrected chi connectivity index (χ3v) is 3.74. The van der Waals surface area contributed by atoms with Crippen molar-refractivity contribution in [2.24, 2.45) is 4.99 Å². The van der Waals surface area contributed by atoms with Gasteiger partial charge in [0.25, 0.3) is 0 Å². The zero-order valence-electron chi connectivity index (χ0n) is 11.3. The van der Waals surface area contributed by atoms with Gasteiger partial charge in [-0.05, 0) is 31.0 Å². The predicted octanol–water partition coefficient (Wildman–Crippen LogP) is 1.79. The van der Waals surface area contributed by atoms with Crippen LogP contribution in [0, 0.1) is 0 Å². The SMILES string of the molecule is COc1ccccc1CC1CN=C(C2CCCN2)O1. The number of methoxy groups -OCH3 is 1. The fraction of sp³-hybridized carbons (Fsp3) is 0.533. The lowest BCUT2D eigenvalue weighted by Gasteiger charge is -2.16. The summed E-state index contributed by atoms with van der Waals surface area (Å²) in [6.45, 7) is 1.83. The Labute approximate surface area is 113 Å². The predicted molar refractivity (Wildman–Crippen MR) is 74.9 cm³/mol. The van der Waals surface area contributed by atoms with Crippen LogP contribution in [0.4, 0.5) is 0 Å². The molecule has 2 unspecified atom stereocenters. The van der Waals surface area contributed by atoms with Gasteiger partial charge in [0.15, 0.2) is 0 Å². The first kappa shape index (κ1) is 12.5. The van der Waals surface area contributed by atoms with Crippen molar-refractivity contribution in [1.82, 2.24) is 5.32 Å². The topological polar surface area (TPSA) is 42.8 Å². The van der Waals surface area contributed by atoms with Crippen molar-refractivity contribution >= 4 is 5.90 Å². The lowest BCUT2D eigenvalue weighted by molar-refractivity contribution is 0.213. The Morgan fingerprint density at radius 2 is 2.32 bits per heavy atom. The molecule has 1 aromatic rings. The molecule has 0 aromatic heterocycles. The number of aliphatic imine (C=N–C) groups is 1. The Kier molecular flexibility index (Phi) is 3.69. The molecule has 4 nitrogen and oxygen atoms in total. The van der Waals surface area contributed by atoms with Gasteiger partial charge in [0.05, 0.1) is 19.7 Å². The summed E-state index contributed by atoms with van der Waals surface area (Å²) in [4.78, 5) is 4.54. The molecule has 0 radical (unpaired) electrons. The summed E-state index contributed by atoms with van der Waals surface area (Å²) in [5, 5.41) is 3.43. The van der Waals surface area contributed by atoms with Gasteiger partial charge >= 0.3 is 0 Å². The molecule has 1 saturated heterocycles. The van der Waals surface area contributed by atoms with Crippen molar-refractivity contribution in [3.8, 4) is 5.75 Å². The van der Waals surface area contributed by atoms with Gasteiger partial charge < -0.3 is 14.8 Å². The standard InChI is InChI=1S/C15H20N2O2/c1-18-14-7-3-2-5-11(14)9-12-10-17-15(19-12)13-6-4-8-16-13/h2-3,5,7,12-13,16H,4,6,8-10H2,1H3. The number of para-hydroxylation sites is 1. The Morgan fingerprint density at radius 1 is 1.42 bits per heavy atom. The van der Waals surface area contributed by atoms with E-state index in [-0.39, 0.29) is 6.10 Å².